The quantitative estimate of drug-likeness (QED) is 0.186. The van der Waals surface area contributed by atoms with E-state index in [2.05, 4.69) is 20.3 Å². The van der Waals surface area contributed by atoms with Crippen molar-refractivity contribution >= 4 is 44.6 Å². The summed E-state index contributed by atoms with van der Waals surface area (Å²) in [5, 5.41) is 5.64. The first-order chi connectivity index (χ1) is 21.6. The SMILES string of the molecule is COC(=O)c1cc(OC2CCCCC2)c(-c2cn(C)c(=O)c3[nH]c(C(=O)NCCNC(=O)OC(C)(C)C)cc23)cc1NS(C)(=O)=O. The maximum absolute atomic E-state index is 13.2. The van der Waals surface area contributed by atoms with Crippen LogP contribution in [-0.4, -0.2) is 74.1 Å². The van der Waals surface area contributed by atoms with Crippen molar-refractivity contribution in [3.05, 3.63) is 46.0 Å². The summed E-state index contributed by atoms with van der Waals surface area (Å²) in [5.74, 6) is -0.986. The molecular weight excluding hydrogens is 618 g/mol. The number of ether oxygens (including phenoxy) is 3. The number of carbonyl (C=O) groups is 3. The lowest BCUT2D eigenvalue weighted by molar-refractivity contribution is 0.0525. The van der Waals surface area contributed by atoms with E-state index in [1.807, 2.05) is 0 Å². The Hall–Kier alpha value is -4.53. The van der Waals surface area contributed by atoms with Gasteiger partial charge in [-0.3, -0.25) is 14.3 Å². The van der Waals surface area contributed by atoms with E-state index in [4.69, 9.17) is 14.2 Å². The fourth-order valence-electron chi connectivity index (χ4n) is 5.23. The van der Waals surface area contributed by atoms with Gasteiger partial charge in [0.05, 0.1) is 30.7 Å². The molecule has 4 rings (SSSR count). The highest BCUT2D eigenvalue weighted by Crippen LogP contribution is 2.40. The number of aromatic amines is 1. The number of amides is 2. The number of anilines is 1. The molecule has 1 aliphatic carbocycles. The molecule has 1 saturated carbocycles. The second-order valence-electron chi connectivity index (χ2n) is 12.3. The second kappa shape index (κ2) is 13.8. The van der Waals surface area contributed by atoms with Crippen molar-refractivity contribution in [2.24, 2.45) is 7.05 Å². The molecule has 0 unspecified atom stereocenters. The van der Waals surface area contributed by atoms with Crippen LogP contribution in [0.25, 0.3) is 22.0 Å². The highest BCUT2D eigenvalue weighted by molar-refractivity contribution is 7.92. The minimum absolute atomic E-state index is 0.0339. The number of pyridine rings is 1. The van der Waals surface area contributed by atoms with Crippen LogP contribution in [0.1, 0.15) is 73.7 Å². The second-order valence-corrected chi connectivity index (χ2v) is 14.0. The van der Waals surface area contributed by atoms with Gasteiger partial charge >= 0.3 is 12.1 Å². The standard InChI is InChI=1S/C31H41N5O9S/c1-31(2,3)45-30(40)33-13-12-32-27(37)24-15-20-22(17-36(4)28(38)26(20)34-24)19-14-23(35-46(6,41)42)21(29(39)43-5)16-25(19)44-18-10-8-7-9-11-18/h14-18,34-35H,7-13H2,1-6H3,(H,32,37)(H,33,40). The minimum atomic E-state index is -3.82. The van der Waals surface area contributed by atoms with Crippen LogP contribution in [-0.2, 0) is 26.5 Å². The maximum Gasteiger partial charge on any atom is 0.407 e. The van der Waals surface area contributed by atoms with Crippen molar-refractivity contribution in [1.82, 2.24) is 20.2 Å². The molecule has 0 radical (unpaired) electrons. The van der Waals surface area contributed by atoms with Crippen LogP contribution in [0.5, 0.6) is 5.75 Å². The Kier molecular flexibility index (Phi) is 10.3. The van der Waals surface area contributed by atoms with E-state index < -0.39 is 39.2 Å². The van der Waals surface area contributed by atoms with E-state index >= 15 is 0 Å². The molecule has 2 aromatic heterocycles. The molecule has 250 valence electrons. The van der Waals surface area contributed by atoms with Gasteiger partial charge in [-0.25, -0.2) is 18.0 Å². The summed E-state index contributed by atoms with van der Waals surface area (Å²) in [7, 11) is -1.07. The van der Waals surface area contributed by atoms with Crippen LogP contribution in [0.15, 0.2) is 29.2 Å². The summed E-state index contributed by atoms with van der Waals surface area (Å²) in [5.41, 5.74) is -0.0620. The zero-order chi connectivity index (χ0) is 33.8. The van der Waals surface area contributed by atoms with Crippen molar-refractivity contribution in [2.45, 2.75) is 64.6 Å². The summed E-state index contributed by atoms with van der Waals surface area (Å²) in [6, 6.07) is 4.43. The lowest BCUT2D eigenvalue weighted by atomic mass is 9.96. The molecule has 46 heavy (non-hydrogen) atoms. The van der Waals surface area contributed by atoms with Crippen molar-refractivity contribution < 1.29 is 37.0 Å². The number of sulfonamides is 1. The number of rotatable bonds is 10. The number of fused-ring (bicyclic) bond motifs is 1. The van der Waals surface area contributed by atoms with E-state index in [-0.39, 0.29) is 41.7 Å². The Morgan fingerprint density at radius 3 is 2.33 bits per heavy atom. The fourth-order valence-corrected chi connectivity index (χ4v) is 5.80. The van der Waals surface area contributed by atoms with Gasteiger partial charge < -0.3 is 34.4 Å². The third-order valence-electron chi connectivity index (χ3n) is 7.24. The van der Waals surface area contributed by atoms with E-state index in [9.17, 15) is 27.6 Å². The molecule has 1 aromatic carbocycles. The number of benzene rings is 1. The maximum atomic E-state index is 13.2. The van der Waals surface area contributed by atoms with E-state index in [1.54, 1.807) is 34.0 Å². The van der Waals surface area contributed by atoms with Crippen LogP contribution in [0.4, 0.5) is 10.5 Å². The first-order valence-corrected chi connectivity index (χ1v) is 16.8. The molecule has 0 aliphatic heterocycles. The van der Waals surface area contributed by atoms with Crippen LogP contribution in [0.3, 0.4) is 0 Å². The van der Waals surface area contributed by atoms with Gasteiger partial charge in [-0.05, 0) is 64.7 Å². The predicted molar refractivity (Wildman–Crippen MR) is 173 cm³/mol. The van der Waals surface area contributed by atoms with Crippen molar-refractivity contribution in [2.75, 3.05) is 31.2 Å². The fraction of sp³-hybridized carbons (Fsp3) is 0.484. The molecule has 2 amide bonds. The van der Waals surface area contributed by atoms with Crippen molar-refractivity contribution in [3.8, 4) is 16.9 Å². The molecule has 15 heteroatoms. The number of nitrogens with zero attached hydrogens (tertiary/aromatic N) is 1. The van der Waals surface area contributed by atoms with Crippen LogP contribution in [0, 0.1) is 0 Å². The number of aryl methyl sites for hydroxylation is 1. The number of alkyl carbamates (subject to hydrolysis) is 1. The van der Waals surface area contributed by atoms with Crippen molar-refractivity contribution in [3.63, 3.8) is 0 Å². The normalized spacial score (nSPS) is 14.0. The molecule has 0 saturated heterocycles. The van der Waals surface area contributed by atoms with E-state index in [0.717, 1.165) is 38.4 Å². The molecule has 0 spiro atoms. The van der Waals surface area contributed by atoms with Gasteiger partial charge in [0.25, 0.3) is 11.5 Å². The Balaban J connectivity index is 1.76. The molecule has 2 heterocycles. The average Bonchev–Trinajstić information content (AvgIpc) is 3.42. The number of carbonyl (C=O) groups excluding carboxylic acids is 3. The lowest BCUT2D eigenvalue weighted by Crippen LogP contribution is -2.37. The van der Waals surface area contributed by atoms with Gasteiger partial charge in [0, 0.05) is 42.8 Å². The molecule has 4 N–H and O–H groups in total. The molecule has 1 aliphatic rings. The molecule has 14 nitrogen and oxygen atoms in total. The summed E-state index contributed by atoms with van der Waals surface area (Å²) in [6.45, 7) is 5.42. The Labute approximate surface area is 267 Å². The minimum Gasteiger partial charge on any atom is -0.490 e. The summed E-state index contributed by atoms with van der Waals surface area (Å²) >= 11 is 0. The van der Waals surface area contributed by atoms with Gasteiger partial charge in [-0.15, -0.1) is 0 Å². The number of H-pyrrole nitrogens is 1. The number of nitrogens with one attached hydrogen (secondary N) is 4. The monoisotopic (exact) mass is 659 g/mol. The third-order valence-corrected chi connectivity index (χ3v) is 7.84. The number of hydrogen-bond donors (Lipinski definition) is 4. The zero-order valence-electron chi connectivity index (χ0n) is 26.9. The van der Waals surface area contributed by atoms with E-state index in [1.165, 1.54) is 29.9 Å². The third kappa shape index (κ3) is 8.59. The first-order valence-electron chi connectivity index (χ1n) is 14.9. The number of esters is 1. The highest BCUT2D eigenvalue weighted by atomic mass is 32.2. The smallest absolute Gasteiger partial charge is 0.407 e. The van der Waals surface area contributed by atoms with Gasteiger partial charge in [0.15, 0.2) is 0 Å². The molecule has 0 atom stereocenters. The number of aromatic nitrogens is 2. The van der Waals surface area contributed by atoms with Gasteiger partial charge in [-0.2, -0.15) is 0 Å². The number of hydrogen-bond acceptors (Lipinski definition) is 9. The van der Waals surface area contributed by atoms with Crippen molar-refractivity contribution in [1.29, 1.82) is 0 Å². The molecule has 0 bridgehead atoms. The summed E-state index contributed by atoms with van der Waals surface area (Å²) in [4.78, 5) is 53.8. The zero-order valence-corrected chi connectivity index (χ0v) is 27.7. The average molecular weight is 660 g/mol. The van der Waals surface area contributed by atoms with Crippen LogP contribution in [0.2, 0.25) is 0 Å². The predicted octanol–water partition coefficient (Wildman–Crippen LogP) is 3.66. The Bertz CT molecular complexity index is 1800. The first kappa shape index (κ1) is 34.3. The molecule has 1 fully saturated rings. The summed E-state index contributed by atoms with van der Waals surface area (Å²) in [6.07, 6.45) is 6.42. The Morgan fingerprint density at radius 2 is 1.70 bits per heavy atom. The lowest BCUT2D eigenvalue weighted by Gasteiger charge is -2.25. The van der Waals surface area contributed by atoms with Gasteiger partial charge in [0.1, 0.15) is 22.6 Å². The van der Waals surface area contributed by atoms with Gasteiger partial charge in [0.2, 0.25) is 10.0 Å². The number of methoxy groups -OCH3 is 1. The van der Waals surface area contributed by atoms with E-state index in [0.29, 0.717) is 22.3 Å². The Morgan fingerprint density at radius 1 is 1.02 bits per heavy atom. The molecular formula is C31H41N5O9S. The molecule has 3 aromatic rings. The van der Waals surface area contributed by atoms with Crippen LogP contribution < -0.4 is 25.7 Å². The van der Waals surface area contributed by atoms with Crippen LogP contribution >= 0.6 is 0 Å². The topological polar surface area (TPSA) is 187 Å². The highest BCUT2D eigenvalue weighted by Gasteiger charge is 2.26. The van der Waals surface area contributed by atoms with Gasteiger partial charge in [-0.1, -0.05) is 6.42 Å². The largest absolute Gasteiger partial charge is 0.490 e. The summed E-state index contributed by atoms with van der Waals surface area (Å²) < 4.78 is 44.9.